The van der Waals surface area contributed by atoms with E-state index < -0.39 is 10.0 Å². The van der Waals surface area contributed by atoms with Crippen LogP contribution < -0.4 is 5.32 Å². The van der Waals surface area contributed by atoms with Crippen molar-refractivity contribution in [2.75, 3.05) is 26.3 Å². The Hall–Kier alpha value is -0.950. The fourth-order valence-corrected chi connectivity index (χ4v) is 7.67. The molecule has 3 saturated carbocycles. The number of sulfonamides is 1. The quantitative estimate of drug-likeness (QED) is 0.840. The van der Waals surface area contributed by atoms with Crippen molar-refractivity contribution in [2.45, 2.75) is 49.6 Å². The molecule has 0 unspecified atom stereocenters. The van der Waals surface area contributed by atoms with Gasteiger partial charge in [0.05, 0.1) is 18.1 Å². The van der Waals surface area contributed by atoms with Crippen LogP contribution in [0.15, 0.2) is 29.2 Å². The number of rotatable bonds is 5. The van der Waals surface area contributed by atoms with Gasteiger partial charge in [-0.25, -0.2) is 8.42 Å². The van der Waals surface area contributed by atoms with Crippen molar-refractivity contribution in [1.29, 1.82) is 0 Å². The first-order chi connectivity index (χ1) is 13.1. The van der Waals surface area contributed by atoms with E-state index in [2.05, 4.69) is 5.32 Å². The van der Waals surface area contributed by atoms with Crippen LogP contribution in [0.3, 0.4) is 0 Å². The minimum absolute atomic E-state index is 0.391. The topological polar surface area (TPSA) is 58.6 Å². The average molecular weight is 391 g/mol. The zero-order chi connectivity index (χ0) is 18.4. The Morgan fingerprint density at radius 3 is 2.52 bits per heavy atom. The number of morpholine rings is 1. The molecule has 27 heavy (non-hydrogen) atoms. The Balaban J connectivity index is 1.20. The van der Waals surface area contributed by atoms with Gasteiger partial charge >= 0.3 is 0 Å². The maximum Gasteiger partial charge on any atom is 0.243 e. The van der Waals surface area contributed by atoms with Crippen LogP contribution in [0.2, 0.25) is 0 Å². The fraction of sp³-hybridized carbons (Fsp3) is 0.714. The molecule has 1 N–H and O–H groups in total. The van der Waals surface area contributed by atoms with Crippen molar-refractivity contribution in [3.05, 3.63) is 29.8 Å². The van der Waals surface area contributed by atoms with E-state index in [1.807, 2.05) is 12.1 Å². The molecule has 0 aromatic heterocycles. The number of nitrogens with one attached hydrogen (secondary N) is 1. The molecule has 3 aliphatic carbocycles. The first-order valence-corrected chi connectivity index (χ1v) is 12.0. The third-order valence-electron chi connectivity index (χ3n) is 7.53. The summed E-state index contributed by atoms with van der Waals surface area (Å²) in [5.41, 5.74) is 1.17. The molecule has 4 aliphatic rings. The first-order valence-electron chi connectivity index (χ1n) is 10.5. The third-order valence-corrected chi connectivity index (χ3v) is 9.44. The third kappa shape index (κ3) is 3.24. The van der Waals surface area contributed by atoms with Gasteiger partial charge in [-0.05, 0) is 67.1 Å². The molecule has 0 amide bonds. The standard InChI is InChI=1S/C21H30N2O3S/c24-27(25,23-8-10-26-11-9-23)17-6-4-15(5-7-17)14-22-21-13-16-12-20(21)19-3-1-2-18(16)19/h4-7,16,18-22H,1-3,8-14H2/t16-,18+,19-,20+,21-/m1/s1. The predicted octanol–water partition coefficient (Wildman–Crippen LogP) is 2.62. The molecule has 2 bridgehead atoms. The minimum Gasteiger partial charge on any atom is -0.379 e. The van der Waals surface area contributed by atoms with E-state index in [-0.39, 0.29) is 0 Å². The molecular formula is C21H30N2O3S. The summed E-state index contributed by atoms with van der Waals surface area (Å²) in [6.07, 6.45) is 7.13. The van der Waals surface area contributed by atoms with Crippen LogP contribution in [-0.4, -0.2) is 45.1 Å². The smallest absolute Gasteiger partial charge is 0.243 e. The summed E-state index contributed by atoms with van der Waals surface area (Å²) in [6, 6.07) is 8.11. The van der Waals surface area contributed by atoms with E-state index in [9.17, 15) is 8.42 Å². The second-order valence-corrected chi connectivity index (χ2v) is 10.7. The Labute approximate surface area is 162 Å². The van der Waals surface area contributed by atoms with Crippen LogP contribution in [0.1, 0.15) is 37.7 Å². The highest BCUT2D eigenvalue weighted by atomic mass is 32.2. The molecule has 5 nitrogen and oxygen atoms in total. The van der Waals surface area contributed by atoms with E-state index in [1.54, 1.807) is 12.1 Å². The second kappa shape index (κ2) is 7.14. The molecule has 5 atom stereocenters. The molecule has 148 valence electrons. The van der Waals surface area contributed by atoms with E-state index in [1.165, 1.54) is 42.0 Å². The number of hydrogen-bond acceptors (Lipinski definition) is 4. The maximum atomic E-state index is 12.7. The maximum absolute atomic E-state index is 12.7. The summed E-state index contributed by atoms with van der Waals surface area (Å²) in [5.74, 6) is 3.84. The zero-order valence-electron chi connectivity index (χ0n) is 15.8. The minimum atomic E-state index is -3.39. The summed E-state index contributed by atoms with van der Waals surface area (Å²) < 4.78 is 32.2. The lowest BCUT2D eigenvalue weighted by atomic mass is 9.79. The lowest BCUT2D eigenvalue weighted by Crippen LogP contribution is -2.40. The van der Waals surface area contributed by atoms with Gasteiger partial charge in [-0.15, -0.1) is 0 Å². The lowest BCUT2D eigenvalue weighted by Gasteiger charge is -2.32. The van der Waals surface area contributed by atoms with E-state index in [0.717, 1.165) is 30.2 Å². The summed E-state index contributed by atoms with van der Waals surface area (Å²) in [6.45, 7) is 2.68. The van der Waals surface area contributed by atoms with Gasteiger partial charge in [0, 0.05) is 25.7 Å². The van der Waals surface area contributed by atoms with Crippen molar-refractivity contribution in [3.63, 3.8) is 0 Å². The molecule has 1 saturated heterocycles. The van der Waals surface area contributed by atoms with Crippen molar-refractivity contribution in [1.82, 2.24) is 9.62 Å². The predicted molar refractivity (Wildman–Crippen MR) is 104 cm³/mol. The Bertz CT molecular complexity index is 773. The van der Waals surface area contributed by atoms with Crippen LogP contribution in [0.5, 0.6) is 0 Å². The number of ether oxygens (including phenoxy) is 1. The van der Waals surface area contributed by atoms with Crippen molar-refractivity contribution in [2.24, 2.45) is 23.7 Å². The monoisotopic (exact) mass is 390 g/mol. The SMILES string of the molecule is O=S(=O)(c1ccc(CN[C@@H]2C[C@H]3C[C@H]2[C@@H]2CCC[C@@H]32)cc1)N1CCOCC1. The molecule has 1 aromatic carbocycles. The van der Waals surface area contributed by atoms with Crippen LogP contribution in [0.4, 0.5) is 0 Å². The molecule has 4 fully saturated rings. The number of fused-ring (bicyclic) bond motifs is 5. The van der Waals surface area contributed by atoms with Crippen molar-refractivity contribution in [3.8, 4) is 0 Å². The molecule has 5 rings (SSSR count). The molecule has 1 heterocycles. The summed E-state index contributed by atoms with van der Waals surface area (Å²) in [5, 5.41) is 3.79. The van der Waals surface area contributed by atoms with Gasteiger partial charge in [0.2, 0.25) is 10.0 Å². The molecule has 0 spiro atoms. The van der Waals surface area contributed by atoms with Gasteiger partial charge in [0.1, 0.15) is 0 Å². The van der Waals surface area contributed by atoms with Crippen LogP contribution in [0, 0.1) is 23.7 Å². The largest absolute Gasteiger partial charge is 0.379 e. The van der Waals surface area contributed by atoms with Gasteiger partial charge in [-0.2, -0.15) is 4.31 Å². The molecule has 1 aromatic rings. The van der Waals surface area contributed by atoms with Gasteiger partial charge in [0.25, 0.3) is 0 Å². The summed E-state index contributed by atoms with van der Waals surface area (Å²) in [7, 11) is -3.39. The Morgan fingerprint density at radius 2 is 1.74 bits per heavy atom. The van der Waals surface area contributed by atoms with Crippen molar-refractivity contribution >= 4 is 10.0 Å². The molecule has 6 heteroatoms. The molecule has 1 aliphatic heterocycles. The van der Waals surface area contributed by atoms with Crippen LogP contribution in [0.25, 0.3) is 0 Å². The van der Waals surface area contributed by atoms with Gasteiger partial charge in [0.15, 0.2) is 0 Å². The highest BCUT2D eigenvalue weighted by molar-refractivity contribution is 7.89. The second-order valence-electron chi connectivity index (χ2n) is 8.80. The lowest BCUT2D eigenvalue weighted by molar-refractivity contribution is 0.0730. The highest BCUT2D eigenvalue weighted by Crippen LogP contribution is 2.58. The normalized spacial score (nSPS) is 36.2. The zero-order valence-corrected chi connectivity index (χ0v) is 16.7. The van der Waals surface area contributed by atoms with E-state index in [4.69, 9.17) is 4.74 Å². The number of benzene rings is 1. The van der Waals surface area contributed by atoms with Gasteiger partial charge < -0.3 is 10.1 Å². The van der Waals surface area contributed by atoms with Crippen LogP contribution >= 0.6 is 0 Å². The van der Waals surface area contributed by atoms with Gasteiger partial charge in [-0.3, -0.25) is 0 Å². The Morgan fingerprint density at radius 1 is 1.00 bits per heavy atom. The van der Waals surface area contributed by atoms with E-state index >= 15 is 0 Å². The molecule has 0 radical (unpaired) electrons. The van der Waals surface area contributed by atoms with Gasteiger partial charge in [-0.1, -0.05) is 18.6 Å². The molecular weight excluding hydrogens is 360 g/mol. The first kappa shape index (κ1) is 18.1. The van der Waals surface area contributed by atoms with Crippen LogP contribution in [-0.2, 0) is 21.3 Å². The summed E-state index contributed by atoms with van der Waals surface area (Å²) >= 11 is 0. The fourth-order valence-electron chi connectivity index (χ4n) is 6.27. The van der Waals surface area contributed by atoms with E-state index in [0.29, 0.717) is 37.2 Å². The number of hydrogen-bond donors (Lipinski definition) is 1. The van der Waals surface area contributed by atoms with Crippen molar-refractivity contribution < 1.29 is 13.2 Å². The highest BCUT2D eigenvalue weighted by Gasteiger charge is 2.53. The Kier molecular flexibility index (Phi) is 4.79. The summed E-state index contributed by atoms with van der Waals surface area (Å²) in [4.78, 5) is 0.391. The average Bonchev–Trinajstić information content (AvgIpc) is 3.41. The number of nitrogens with zero attached hydrogens (tertiary/aromatic N) is 1.